The predicted octanol–water partition coefficient (Wildman–Crippen LogP) is 3.72. The fraction of sp³-hybridized carbons (Fsp3) is 0.462. The maximum Gasteiger partial charge on any atom is 0.222 e. The molecule has 1 amide bonds. The SMILES string of the molecule is CCNC(=NCc1ccccc1CN1CCCC1=O)N1CCN(c2ccccc2OC)CC1.I. The first kappa shape index (κ1) is 26.1. The Morgan fingerprint density at radius 3 is 2.38 bits per heavy atom. The number of guanidine groups is 1. The highest BCUT2D eigenvalue weighted by Gasteiger charge is 2.23. The molecular weight excluding hydrogens is 541 g/mol. The van der Waals surface area contributed by atoms with E-state index < -0.39 is 0 Å². The van der Waals surface area contributed by atoms with Crippen LogP contribution in [0, 0.1) is 0 Å². The van der Waals surface area contributed by atoms with Crippen LogP contribution in [-0.2, 0) is 17.9 Å². The summed E-state index contributed by atoms with van der Waals surface area (Å²) in [6, 6.07) is 16.5. The minimum Gasteiger partial charge on any atom is -0.495 e. The van der Waals surface area contributed by atoms with Crippen molar-refractivity contribution in [1.82, 2.24) is 15.1 Å². The molecule has 8 heteroatoms. The number of nitrogens with one attached hydrogen (secondary N) is 1. The monoisotopic (exact) mass is 577 g/mol. The molecule has 0 aromatic heterocycles. The molecule has 7 nitrogen and oxygen atoms in total. The molecule has 2 aliphatic heterocycles. The summed E-state index contributed by atoms with van der Waals surface area (Å²) in [5, 5.41) is 3.47. The second kappa shape index (κ2) is 12.8. The number of aliphatic imine (C=N–C) groups is 1. The van der Waals surface area contributed by atoms with Gasteiger partial charge in [0.15, 0.2) is 5.96 Å². The zero-order chi connectivity index (χ0) is 23.0. The Morgan fingerprint density at radius 2 is 1.71 bits per heavy atom. The first-order chi connectivity index (χ1) is 16.2. The van der Waals surface area contributed by atoms with E-state index >= 15 is 0 Å². The van der Waals surface area contributed by atoms with Gasteiger partial charge in [-0.2, -0.15) is 0 Å². The average Bonchev–Trinajstić information content (AvgIpc) is 3.27. The molecule has 4 rings (SSSR count). The molecule has 0 radical (unpaired) electrons. The molecule has 2 saturated heterocycles. The van der Waals surface area contributed by atoms with Gasteiger partial charge in [0, 0.05) is 52.2 Å². The molecule has 2 aliphatic rings. The van der Waals surface area contributed by atoms with Crippen LogP contribution in [-0.4, -0.2) is 68.0 Å². The number of rotatable bonds is 7. The molecular formula is C26H36IN5O2. The summed E-state index contributed by atoms with van der Waals surface area (Å²) in [5.41, 5.74) is 3.51. The lowest BCUT2D eigenvalue weighted by atomic mass is 10.1. The van der Waals surface area contributed by atoms with Crippen molar-refractivity contribution in [2.75, 3.05) is 51.3 Å². The number of hydrogen-bond acceptors (Lipinski definition) is 4. The van der Waals surface area contributed by atoms with Crippen molar-refractivity contribution in [2.45, 2.75) is 32.9 Å². The molecule has 0 aliphatic carbocycles. The largest absolute Gasteiger partial charge is 0.495 e. The topological polar surface area (TPSA) is 60.4 Å². The van der Waals surface area contributed by atoms with E-state index in [0.29, 0.717) is 19.5 Å². The van der Waals surface area contributed by atoms with Gasteiger partial charge in [-0.25, -0.2) is 4.99 Å². The summed E-state index contributed by atoms with van der Waals surface area (Å²) in [6.45, 7) is 8.70. The van der Waals surface area contributed by atoms with Crippen molar-refractivity contribution in [3.05, 3.63) is 59.7 Å². The summed E-state index contributed by atoms with van der Waals surface area (Å²) >= 11 is 0. The van der Waals surface area contributed by atoms with E-state index in [1.807, 2.05) is 23.1 Å². The third-order valence-corrected chi connectivity index (χ3v) is 6.39. The molecule has 0 bridgehead atoms. The number of amides is 1. The number of hydrogen-bond donors (Lipinski definition) is 1. The van der Waals surface area contributed by atoms with Crippen LogP contribution >= 0.6 is 24.0 Å². The van der Waals surface area contributed by atoms with Crippen LogP contribution < -0.4 is 15.0 Å². The molecule has 2 fully saturated rings. The number of ether oxygens (including phenoxy) is 1. The normalized spacial score (nSPS) is 16.5. The van der Waals surface area contributed by atoms with Crippen molar-refractivity contribution < 1.29 is 9.53 Å². The fourth-order valence-electron chi connectivity index (χ4n) is 4.58. The highest BCUT2D eigenvalue weighted by atomic mass is 127. The van der Waals surface area contributed by atoms with E-state index in [-0.39, 0.29) is 29.9 Å². The quantitative estimate of drug-likeness (QED) is 0.309. The lowest BCUT2D eigenvalue weighted by Crippen LogP contribution is -2.52. The summed E-state index contributed by atoms with van der Waals surface area (Å²) < 4.78 is 5.55. The second-order valence-electron chi connectivity index (χ2n) is 8.50. The Morgan fingerprint density at radius 1 is 1.00 bits per heavy atom. The standard InChI is InChI=1S/C26H35N5O2.HI/c1-3-27-26(30-17-15-29(16-18-30)23-11-6-7-12-24(23)33-2)28-19-21-9-4-5-10-22(21)20-31-14-8-13-25(31)32;/h4-7,9-12H,3,8,13-20H2,1-2H3,(H,27,28);1H. The molecule has 184 valence electrons. The maximum atomic E-state index is 12.1. The van der Waals surface area contributed by atoms with Crippen molar-refractivity contribution in [1.29, 1.82) is 0 Å². The second-order valence-corrected chi connectivity index (χ2v) is 8.50. The third-order valence-electron chi connectivity index (χ3n) is 6.39. The molecule has 34 heavy (non-hydrogen) atoms. The molecule has 2 aromatic rings. The van der Waals surface area contributed by atoms with Gasteiger partial charge < -0.3 is 24.8 Å². The lowest BCUT2D eigenvalue weighted by Gasteiger charge is -2.38. The number of likely N-dealkylation sites (tertiary alicyclic amines) is 1. The van der Waals surface area contributed by atoms with Crippen LogP contribution in [0.1, 0.15) is 30.9 Å². The number of benzene rings is 2. The molecule has 0 saturated carbocycles. The highest BCUT2D eigenvalue weighted by molar-refractivity contribution is 14.0. The minimum absolute atomic E-state index is 0. The van der Waals surface area contributed by atoms with Gasteiger partial charge >= 0.3 is 0 Å². The number of methoxy groups -OCH3 is 1. The zero-order valence-corrected chi connectivity index (χ0v) is 22.5. The smallest absolute Gasteiger partial charge is 0.222 e. The number of carbonyl (C=O) groups excluding carboxylic acids is 1. The summed E-state index contributed by atoms with van der Waals surface area (Å²) in [6.07, 6.45) is 1.64. The number of para-hydroxylation sites is 2. The Balaban J connectivity index is 0.00000324. The first-order valence-electron chi connectivity index (χ1n) is 12.0. The molecule has 0 atom stereocenters. The van der Waals surface area contributed by atoms with E-state index in [1.165, 1.54) is 11.1 Å². The van der Waals surface area contributed by atoms with E-state index in [9.17, 15) is 4.79 Å². The maximum absolute atomic E-state index is 12.1. The molecule has 0 unspecified atom stereocenters. The molecule has 2 aromatic carbocycles. The number of anilines is 1. The number of halogens is 1. The van der Waals surface area contributed by atoms with Crippen molar-refractivity contribution >= 4 is 41.5 Å². The molecule has 1 N–H and O–H groups in total. The van der Waals surface area contributed by atoms with Gasteiger partial charge in [0.1, 0.15) is 5.75 Å². The summed E-state index contributed by atoms with van der Waals surface area (Å²) in [4.78, 5) is 23.7. The van der Waals surface area contributed by atoms with E-state index in [4.69, 9.17) is 9.73 Å². The van der Waals surface area contributed by atoms with E-state index in [2.05, 4.69) is 52.4 Å². The van der Waals surface area contributed by atoms with E-state index in [1.54, 1.807) is 7.11 Å². The summed E-state index contributed by atoms with van der Waals surface area (Å²) in [5.74, 6) is 2.12. The highest BCUT2D eigenvalue weighted by Crippen LogP contribution is 2.28. The van der Waals surface area contributed by atoms with Gasteiger partial charge in [0.05, 0.1) is 19.3 Å². The average molecular weight is 578 g/mol. The number of carbonyl (C=O) groups is 1. The van der Waals surface area contributed by atoms with Crippen LogP contribution in [0.3, 0.4) is 0 Å². The molecule has 2 heterocycles. The summed E-state index contributed by atoms with van der Waals surface area (Å²) in [7, 11) is 1.72. The zero-order valence-electron chi connectivity index (χ0n) is 20.2. The number of nitrogens with zero attached hydrogens (tertiary/aromatic N) is 4. The number of piperazine rings is 1. The van der Waals surface area contributed by atoms with Crippen LogP contribution in [0.15, 0.2) is 53.5 Å². The molecule has 0 spiro atoms. The fourth-order valence-corrected chi connectivity index (χ4v) is 4.58. The van der Waals surface area contributed by atoms with Crippen molar-refractivity contribution in [3.63, 3.8) is 0 Å². The van der Waals surface area contributed by atoms with E-state index in [0.717, 1.165) is 63.1 Å². The minimum atomic E-state index is 0. The van der Waals surface area contributed by atoms with Crippen molar-refractivity contribution in [3.8, 4) is 5.75 Å². The third kappa shape index (κ3) is 6.34. The van der Waals surface area contributed by atoms with Crippen LogP contribution in [0.5, 0.6) is 5.75 Å². The Hall–Kier alpha value is -2.49. The van der Waals surface area contributed by atoms with Gasteiger partial charge in [0.2, 0.25) is 5.91 Å². The Kier molecular flexibility index (Phi) is 9.86. The van der Waals surface area contributed by atoms with Gasteiger partial charge in [-0.3, -0.25) is 4.79 Å². The lowest BCUT2D eigenvalue weighted by molar-refractivity contribution is -0.128. The van der Waals surface area contributed by atoms with Crippen LogP contribution in [0.4, 0.5) is 5.69 Å². The van der Waals surface area contributed by atoms with Gasteiger partial charge in [-0.15, -0.1) is 24.0 Å². The Labute approximate surface area is 220 Å². The van der Waals surface area contributed by atoms with Crippen molar-refractivity contribution in [2.24, 2.45) is 4.99 Å². The van der Waals surface area contributed by atoms with Crippen LogP contribution in [0.2, 0.25) is 0 Å². The van der Waals surface area contributed by atoms with Crippen LogP contribution in [0.25, 0.3) is 0 Å². The first-order valence-corrected chi connectivity index (χ1v) is 12.0. The van der Waals surface area contributed by atoms with Gasteiger partial charge in [0.25, 0.3) is 0 Å². The van der Waals surface area contributed by atoms with Gasteiger partial charge in [-0.1, -0.05) is 36.4 Å². The Bertz CT molecular complexity index is 975. The predicted molar refractivity (Wildman–Crippen MR) is 148 cm³/mol. The van der Waals surface area contributed by atoms with Gasteiger partial charge in [-0.05, 0) is 36.6 Å².